The minimum absolute atomic E-state index is 0.707. The predicted octanol–water partition coefficient (Wildman–Crippen LogP) is -0.321. The van der Waals surface area contributed by atoms with Gasteiger partial charge in [-0.05, 0) is 12.1 Å². The van der Waals surface area contributed by atoms with E-state index in [2.05, 4.69) is 27.5 Å². The second kappa shape index (κ2) is 4.86. The smallest absolute Gasteiger partial charge is 0.263 e. The van der Waals surface area contributed by atoms with Gasteiger partial charge in [-0.1, -0.05) is 35.5 Å². The molecule has 0 aliphatic heterocycles. The van der Waals surface area contributed by atoms with Crippen LogP contribution in [0.2, 0.25) is 0 Å². The second-order valence-electron chi connectivity index (χ2n) is 3.14. The molecule has 4 nitrogen and oxygen atoms in total. The van der Waals surface area contributed by atoms with Crippen LogP contribution in [0.5, 0.6) is 0 Å². The summed E-state index contributed by atoms with van der Waals surface area (Å²) in [5.74, 6) is 0. The van der Waals surface area contributed by atoms with Crippen molar-refractivity contribution in [2.45, 2.75) is 6.92 Å². The summed E-state index contributed by atoms with van der Waals surface area (Å²) in [4.78, 5) is 0. The highest BCUT2D eigenvalue weighted by molar-refractivity contribution is 6.79. The molecule has 0 radical (unpaired) electrons. The second-order valence-corrected chi connectivity index (χ2v) is 5.50. The van der Waals surface area contributed by atoms with Crippen LogP contribution in [0.1, 0.15) is 6.92 Å². The molecular weight excluding hydrogens is 206 g/mol. The van der Waals surface area contributed by atoms with Gasteiger partial charge < -0.3 is 4.43 Å². The molecular formula is C10H13N3OSi. The molecule has 0 saturated carbocycles. The topological polar surface area (TPSA) is 50.8 Å². The van der Waals surface area contributed by atoms with E-state index in [0.717, 1.165) is 5.32 Å². The Balaban J connectivity index is 2.28. The van der Waals surface area contributed by atoms with Crippen LogP contribution in [-0.4, -0.2) is 31.1 Å². The van der Waals surface area contributed by atoms with Gasteiger partial charge in [-0.3, -0.25) is 5.10 Å². The lowest BCUT2D eigenvalue weighted by Crippen LogP contribution is -2.45. The highest BCUT2D eigenvalue weighted by Crippen LogP contribution is 1.90. The average Bonchev–Trinajstić information content (AvgIpc) is 2.80. The lowest BCUT2D eigenvalue weighted by atomic mass is 10.4. The van der Waals surface area contributed by atoms with Crippen LogP contribution >= 0.6 is 0 Å². The SMILES string of the molecule is CCO[SiH](c1ccccc1)c1c[nH]nn1. The first-order valence-corrected chi connectivity index (χ1v) is 6.57. The third-order valence-electron chi connectivity index (χ3n) is 2.14. The first-order valence-electron chi connectivity index (χ1n) is 4.94. The first kappa shape index (κ1) is 10.1. The van der Waals surface area contributed by atoms with Crippen molar-refractivity contribution in [1.29, 1.82) is 0 Å². The summed E-state index contributed by atoms with van der Waals surface area (Å²) in [6.07, 6.45) is 1.82. The standard InChI is InChI=1S/C10H13N3OSi/c1-2-14-15(10-8-11-13-12-10)9-6-4-3-5-7-9/h3-8,15H,2H2,1H3,(H,11,12,13). The highest BCUT2D eigenvalue weighted by Gasteiger charge is 2.19. The predicted molar refractivity (Wildman–Crippen MR) is 60.9 cm³/mol. The molecule has 1 unspecified atom stereocenters. The van der Waals surface area contributed by atoms with Gasteiger partial charge in [-0.15, -0.1) is 5.10 Å². The number of aromatic amines is 1. The number of nitrogens with one attached hydrogen (secondary N) is 1. The summed E-state index contributed by atoms with van der Waals surface area (Å²) in [5, 5.41) is 12.7. The Morgan fingerprint density at radius 3 is 2.73 bits per heavy atom. The minimum Gasteiger partial charge on any atom is -0.409 e. The number of hydrogen-bond donors (Lipinski definition) is 1. The molecule has 2 aromatic rings. The Kier molecular flexibility index (Phi) is 3.26. The molecule has 1 atom stereocenters. The molecule has 0 aliphatic rings. The van der Waals surface area contributed by atoms with Crippen molar-refractivity contribution in [3.8, 4) is 0 Å². The van der Waals surface area contributed by atoms with Crippen molar-refractivity contribution in [3.63, 3.8) is 0 Å². The van der Waals surface area contributed by atoms with Gasteiger partial charge in [-0.25, -0.2) is 0 Å². The Morgan fingerprint density at radius 2 is 2.13 bits per heavy atom. The monoisotopic (exact) mass is 219 g/mol. The number of benzene rings is 1. The largest absolute Gasteiger partial charge is 0.409 e. The van der Waals surface area contributed by atoms with Gasteiger partial charge in [0.25, 0.3) is 9.04 Å². The number of H-pyrrole nitrogens is 1. The number of nitrogens with zero attached hydrogens (tertiary/aromatic N) is 2. The van der Waals surface area contributed by atoms with Crippen molar-refractivity contribution < 1.29 is 4.43 Å². The van der Waals surface area contributed by atoms with Gasteiger partial charge in [0.15, 0.2) is 0 Å². The van der Waals surface area contributed by atoms with Crippen LogP contribution < -0.4 is 10.5 Å². The molecule has 0 amide bonds. The van der Waals surface area contributed by atoms with E-state index in [4.69, 9.17) is 4.43 Å². The molecule has 0 bridgehead atoms. The van der Waals surface area contributed by atoms with Crippen LogP contribution in [0.25, 0.3) is 0 Å². The summed E-state index contributed by atoms with van der Waals surface area (Å²) >= 11 is 0. The van der Waals surface area contributed by atoms with Crippen LogP contribution in [0.4, 0.5) is 0 Å². The lowest BCUT2D eigenvalue weighted by molar-refractivity contribution is 0.357. The molecule has 1 aromatic carbocycles. The van der Waals surface area contributed by atoms with Gasteiger partial charge >= 0.3 is 0 Å². The first-order chi connectivity index (χ1) is 7.42. The fourth-order valence-corrected chi connectivity index (χ4v) is 3.48. The number of rotatable bonds is 4. The molecule has 0 spiro atoms. The van der Waals surface area contributed by atoms with E-state index in [9.17, 15) is 0 Å². The van der Waals surface area contributed by atoms with E-state index in [1.807, 2.05) is 31.3 Å². The average molecular weight is 219 g/mol. The highest BCUT2D eigenvalue weighted by atomic mass is 28.3. The normalized spacial score (nSPS) is 12.6. The van der Waals surface area contributed by atoms with Crippen molar-refractivity contribution in [3.05, 3.63) is 36.5 Å². The van der Waals surface area contributed by atoms with Crippen molar-refractivity contribution >= 4 is 19.5 Å². The minimum atomic E-state index is -1.61. The molecule has 1 heterocycles. The van der Waals surface area contributed by atoms with E-state index in [1.54, 1.807) is 0 Å². The van der Waals surface area contributed by atoms with E-state index in [0.29, 0.717) is 6.61 Å². The number of aromatic nitrogens is 3. The molecule has 5 heteroatoms. The molecule has 78 valence electrons. The van der Waals surface area contributed by atoms with E-state index in [-0.39, 0.29) is 0 Å². The lowest BCUT2D eigenvalue weighted by Gasteiger charge is -2.12. The maximum Gasteiger partial charge on any atom is 0.263 e. The van der Waals surface area contributed by atoms with Crippen LogP contribution in [-0.2, 0) is 4.43 Å². The third-order valence-corrected chi connectivity index (χ3v) is 4.62. The molecule has 0 aliphatic carbocycles. The number of hydrogen-bond acceptors (Lipinski definition) is 3. The van der Waals surface area contributed by atoms with Gasteiger partial charge in [0.2, 0.25) is 0 Å². The van der Waals surface area contributed by atoms with Gasteiger partial charge in [-0.2, -0.15) is 0 Å². The quantitative estimate of drug-likeness (QED) is 0.717. The molecule has 1 aromatic heterocycles. The van der Waals surface area contributed by atoms with Gasteiger partial charge in [0.05, 0.1) is 5.32 Å². The molecule has 1 N–H and O–H groups in total. The van der Waals surface area contributed by atoms with Gasteiger partial charge in [0.1, 0.15) is 0 Å². The molecule has 0 saturated heterocycles. The Morgan fingerprint density at radius 1 is 1.33 bits per heavy atom. The summed E-state index contributed by atoms with van der Waals surface area (Å²) in [6.45, 7) is 2.71. The van der Waals surface area contributed by atoms with Gasteiger partial charge in [0, 0.05) is 12.8 Å². The van der Waals surface area contributed by atoms with Crippen molar-refractivity contribution in [2.75, 3.05) is 6.61 Å². The summed E-state index contributed by atoms with van der Waals surface area (Å²) < 4.78 is 5.79. The van der Waals surface area contributed by atoms with Crippen molar-refractivity contribution in [2.24, 2.45) is 0 Å². The maximum absolute atomic E-state index is 5.79. The van der Waals surface area contributed by atoms with Crippen molar-refractivity contribution in [1.82, 2.24) is 15.4 Å². The summed E-state index contributed by atoms with van der Waals surface area (Å²) in [5.41, 5.74) is 0. The zero-order valence-electron chi connectivity index (χ0n) is 8.55. The maximum atomic E-state index is 5.79. The Hall–Kier alpha value is -1.46. The van der Waals surface area contributed by atoms with E-state index < -0.39 is 9.04 Å². The van der Waals surface area contributed by atoms with E-state index in [1.165, 1.54) is 5.19 Å². The summed E-state index contributed by atoms with van der Waals surface area (Å²) in [7, 11) is -1.61. The zero-order chi connectivity index (χ0) is 10.5. The third kappa shape index (κ3) is 2.31. The molecule has 0 fully saturated rings. The fourth-order valence-electron chi connectivity index (χ4n) is 1.49. The van der Waals surface area contributed by atoms with Crippen LogP contribution in [0.15, 0.2) is 36.5 Å². The van der Waals surface area contributed by atoms with Crippen LogP contribution in [0, 0.1) is 0 Å². The van der Waals surface area contributed by atoms with Crippen LogP contribution in [0.3, 0.4) is 0 Å². The van der Waals surface area contributed by atoms with E-state index >= 15 is 0 Å². The summed E-state index contributed by atoms with van der Waals surface area (Å²) in [6, 6.07) is 10.2. The Bertz CT molecular complexity index is 390. The molecule has 15 heavy (non-hydrogen) atoms. The Labute approximate surface area is 90.0 Å². The fraction of sp³-hybridized carbons (Fsp3) is 0.200. The molecule has 2 rings (SSSR count). The zero-order valence-corrected chi connectivity index (χ0v) is 9.71.